The first-order valence-electron chi connectivity index (χ1n) is 5.71. The van der Waals surface area contributed by atoms with Gasteiger partial charge in [0.2, 0.25) is 0 Å². The summed E-state index contributed by atoms with van der Waals surface area (Å²) in [4.78, 5) is 4.46. The van der Waals surface area contributed by atoms with Gasteiger partial charge in [0, 0.05) is 21.5 Å². The molecule has 0 saturated heterocycles. The van der Waals surface area contributed by atoms with E-state index in [9.17, 15) is 4.39 Å². The molecular weight excluding hydrogens is 315 g/mol. The van der Waals surface area contributed by atoms with Gasteiger partial charge < -0.3 is 5.73 Å². The molecule has 1 aromatic carbocycles. The molecular formula is C13H14BrFN2S. The average Bonchev–Trinajstić information content (AvgIpc) is 2.78. The first-order chi connectivity index (χ1) is 8.56. The lowest BCUT2D eigenvalue weighted by atomic mass is 10.1. The summed E-state index contributed by atoms with van der Waals surface area (Å²) in [6, 6.07) is 5.05. The number of nitrogens with two attached hydrogens (primary N) is 1. The number of benzene rings is 1. The summed E-state index contributed by atoms with van der Waals surface area (Å²) >= 11 is 4.81. The molecule has 0 bridgehead atoms. The summed E-state index contributed by atoms with van der Waals surface area (Å²) in [6.45, 7) is 1.97. The highest BCUT2D eigenvalue weighted by Crippen LogP contribution is 2.29. The number of aryl methyl sites for hydroxylation is 1. The zero-order valence-corrected chi connectivity index (χ0v) is 12.4. The van der Waals surface area contributed by atoms with Gasteiger partial charge in [0.05, 0.1) is 5.69 Å². The van der Waals surface area contributed by atoms with E-state index in [4.69, 9.17) is 5.73 Å². The van der Waals surface area contributed by atoms with E-state index in [2.05, 4.69) is 20.9 Å². The second-order valence-corrected chi connectivity index (χ2v) is 6.06. The third kappa shape index (κ3) is 3.37. The van der Waals surface area contributed by atoms with Crippen molar-refractivity contribution in [2.24, 2.45) is 5.73 Å². The van der Waals surface area contributed by atoms with Crippen LogP contribution in [0.3, 0.4) is 0 Å². The van der Waals surface area contributed by atoms with Crippen LogP contribution in [-0.4, -0.2) is 11.0 Å². The summed E-state index contributed by atoms with van der Waals surface area (Å²) in [5.41, 5.74) is 7.23. The highest BCUT2D eigenvalue weighted by Gasteiger charge is 2.10. The monoisotopic (exact) mass is 328 g/mol. The van der Waals surface area contributed by atoms with E-state index >= 15 is 0 Å². The maximum absolute atomic E-state index is 13.7. The minimum Gasteiger partial charge on any atom is -0.328 e. The van der Waals surface area contributed by atoms with Crippen LogP contribution in [0.5, 0.6) is 0 Å². The van der Waals surface area contributed by atoms with Crippen LogP contribution in [0.4, 0.5) is 4.39 Å². The van der Waals surface area contributed by atoms with Crippen LogP contribution >= 0.6 is 27.3 Å². The highest BCUT2D eigenvalue weighted by molar-refractivity contribution is 9.10. The second-order valence-electron chi connectivity index (χ2n) is 4.28. The topological polar surface area (TPSA) is 38.9 Å². The van der Waals surface area contributed by atoms with E-state index in [1.807, 2.05) is 12.3 Å². The number of nitrogens with zero attached hydrogens (tertiary/aromatic N) is 1. The Balaban J connectivity index is 2.21. The average molecular weight is 329 g/mol. The lowest BCUT2D eigenvalue weighted by Crippen LogP contribution is -2.15. The van der Waals surface area contributed by atoms with Crippen LogP contribution in [0, 0.1) is 5.82 Å². The van der Waals surface area contributed by atoms with Crippen molar-refractivity contribution in [1.29, 1.82) is 0 Å². The predicted molar refractivity (Wildman–Crippen MR) is 77.2 cm³/mol. The van der Waals surface area contributed by atoms with Crippen molar-refractivity contribution in [2.75, 3.05) is 0 Å². The van der Waals surface area contributed by atoms with E-state index in [0.29, 0.717) is 10.6 Å². The van der Waals surface area contributed by atoms with Crippen LogP contribution in [0.2, 0.25) is 0 Å². The third-order valence-corrected chi connectivity index (χ3v) is 3.98. The Morgan fingerprint density at radius 2 is 2.28 bits per heavy atom. The van der Waals surface area contributed by atoms with Crippen LogP contribution in [0.15, 0.2) is 28.1 Å². The fourth-order valence-corrected chi connectivity index (χ4v) is 2.82. The molecule has 1 aromatic heterocycles. The van der Waals surface area contributed by atoms with Gasteiger partial charge in [-0.15, -0.1) is 11.3 Å². The summed E-state index contributed by atoms with van der Waals surface area (Å²) in [5, 5.41) is 2.69. The zero-order chi connectivity index (χ0) is 13.1. The Labute approximate surface area is 118 Å². The molecule has 1 atom stereocenters. The molecule has 2 nitrogen and oxygen atoms in total. The molecule has 5 heteroatoms. The fraction of sp³-hybridized carbons (Fsp3) is 0.308. The van der Waals surface area contributed by atoms with E-state index < -0.39 is 0 Å². The Kier molecular flexibility index (Phi) is 4.48. The number of thiazole rings is 1. The van der Waals surface area contributed by atoms with Crippen LogP contribution in [0.25, 0.3) is 10.6 Å². The minimum absolute atomic E-state index is 0.165. The smallest absolute Gasteiger partial charge is 0.133 e. The van der Waals surface area contributed by atoms with Gasteiger partial charge in [-0.2, -0.15) is 0 Å². The van der Waals surface area contributed by atoms with Gasteiger partial charge in [0.1, 0.15) is 10.8 Å². The van der Waals surface area contributed by atoms with Crippen molar-refractivity contribution in [1.82, 2.24) is 4.98 Å². The van der Waals surface area contributed by atoms with Crippen molar-refractivity contribution < 1.29 is 4.39 Å². The van der Waals surface area contributed by atoms with E-state index in [-0.39, 0.29) is 11.9 Å². The molecule has 0 fully saturated rings. The SMILES string of the molecule is CC(N)CCc1csc(-c2cc(Br)ccc2F)n1. The van der Waals surface area contributed by atoms with Crippen LogP contribution in [0.1, 0.15) is 19.0 Å². The first kappa shape index (κ1) is 13.6. The number of hydrogen-bond donors (Lipinski definition) is 1. The fourth-order valence-electron chi connectivity index (χ4n) is 1.58. The lowest BCUT2D eigenvalue weighted by Gasteiger charge is -2.02. The van der Waals surface area contributed by atoms with Gasteiger partial charge in [-0.1, -0.05) is 15.9 Å². The van der Waals surface area contributed by atoms with Crippen molar-refractivity contribution in [3.63, 3.8) is 0 Å². The van der Waals surface area contributed by atoms with Crippen molar-refractivity contribution >= 4 is 27.3 Å². The molecule has 96 valence electrons. The molecule has 18 heavy (non-hydrogen) atoms. The molecule has 0 saturated carbocycles. The van der Waals surface area contributed by atoms with Gasteiger partial charge in [-0.3, -0.25) is 0 Å². The quantitative estimate of drug-likeness (QED) is 0.921. The third-order valence-electron chi connectivity index (χ3n) is 2.57. The predicted octanol–water partition coefficient (Wildman–Crippen LogP) is 3.99. The molecule has 1 heterocycles. The normalized spacial score (nSPS) is 12.7. The standard InChI is InChI=1S/C13H14BrFN2S/c1-8(16)2-4-10-7-18-13(17-10)11-6-9(14)3-5-12(11)15/h3,5-8H,2,4,16H2,1H3. The highest BCUT2D eigenvalue weighted by atomic mass is 79.9. The molecule has 0 aliphatic rings. The van der Waals surface area contributed by atoms with Gasteiger partial charge >= 0.3 is 0 Å². The summed E-state index contributed by atoms with van der Waals surface area (Å²) in [6.07, 6.45) is 1.73. The molecule has 0 amide bonds. The van der Waals surface area contributed by atoms with Gasteiger partial charge in [-0.05, 0) is 38.0 Å². The Morgan fingerprint density at radius 1 is 1.50 bits per heavy atom. The van der Waals surface area contributed by atoms with Gasteiger partial charge in [0.25, 0.3) is 0 Å². The summed E-state index contributed by atoms with van der Waals surface area (Å²) < 4.78 is 14.6. The minimum atomic E-state index is -0.244. The molecule has 2 N–H and O–H groups in total. The van der Waals surface area contributed by atoms with Crippen molar-refractivity contribution in [3.05, 3.63) is 39.6 Å². The first-order valence-corrected chi connectivity index (χ1v) is 7.39. The molecule has 0 radical (unpaired) electrons. The molecule has 0 spiro atoms. The zero-order valence-electron chi connectivity index (χ0n) is 9.99. The number of rotatable bonds is 4. The Bertz CT molecular complexity index is 540. The molecule has 1 unspecified atom stereocenters. The van der Waals surface area contributed by atoms with Crippen molar-refractivity contribution in [3.8, 4) is 10.6 Å². The number of halogens is 2. The van der Waals surface area contributed by atoms with Gasteiger partial charge in [-0.25, -0.2) is 9.37 Å². The Morgan fingerprint density at radius 3 is 3.00 bits per heavy atom. The Hall–Kier alpha value is -0.780. The van der Waals surface area contributed by atoms with E-state index in [1.54, 1.807) is 12.1 Å². The summed E-state index contributed by atoms with van der Waals surface area (Å²) in [5.74, 6) is -0.244. The lowest BCUT2D eigenvalue weighted by molar-refractivity contribution is 0.630. The maximum atomic E-state index is 13.7. The largest absolute Gasteiger partial charge is 0.328 e. The van der Waals surface area contributed by atoms with E-state index in [1.165, 1.54) is 17.4 Å². The summed E-state index contributed by atoms with van der Waals surface area (Å²) in [7, 11) is 0. The number of hydrogen-bond acceptors (Lipinski definition) is 3. The van der Waals surface area contributed by atoms with Crippen molar-refractivity contribution in [2.45, 2.75) is 25.8 Å². The maximum Gasteiger partial charge on any atom is 0.133 e. The number of aromatic nitrogens is 1. The molecule has 0 aliphatic carbocycles. The van der Waals surface area contributed by atoms with Crippen LogP contribution < -0.4 is 5.73 Å². The molecule has 2 rings (SSSR count). The van der Waals surface area contributed by atoms with E-state index in [0.717, 1.165) is 23.0 Å². The molecule has 2 aromatic rings. The molecule has 0 aliphatic heterocycles. The van der Waals surface area contributed by atoms with Crippen LogP contribution in [-0.2, 0) is 6.42 Å². The second kappa shape index (κ2) is 5.91. The van der Waals surface area contributed by atoms with Gasteiger partial charge in [0.15, 0.2) is 0 Å².